The van der Waals surface area contributed by atoms with Crippen LogP contribution < -0.4 is 27.2 Å². The third-order valence-corrected chi connectivity index (χ3v) is 9.61. The van der Waals surface area contributed by atoms with Crippen LogP contribution in [0.4, 0.5) is 0 Å². The van der Waals surface area contributed by atoms with Gasteiger partial charge < -0.3 is 12.4 Å². The lowest BCUT2D eigenvalue weighted by Gasteiger charge is -2.07. The van der Waals surface area contributed by atoms with Crippen molar-refractivity contribution in [2.75, 3.05) is 0 Å². The van der Waals surface area contributed by atoms with Crippen molar-refractivity contribution in [2.45, 2.75) is 0 Å². The van der Waals surface area contributed by atoms with Gasteiger partial charge in [0.05, 0.1) is 10.6 Å². The molecule has 0 N–H and O–H groups in total. The number of hydrogen-bond donors (Lipinski definition) is 0. The molecule has 1 nitrogen and oxygen atoms in total. The second-order valence-corrected chi connectivity index (χ2v) is 12.1. The highest BCUT2D eigenvalue weighted by atomic mass is 35.5. The molecule has 0 atom stereocenters. The summed E-state index contributed by atoms with van der Waals surface area (Å²) in [4.78, 5) is 0. The van der Waals surface area contributed by atoms with E-state index in [1.807, 2.05) is 0 Å². The van der Waals surface area contributed by atoms with Gasteiger partial charge in [-0.05, 0) is 90.3 Å². The molecule has 0 saturated carbocycles. The normalized spacial score (nSPS) is 11.6. The van der Waals surface area contributed by atoms with Crippen LogP contribution in [0, 0.1) is 0 Å². The minimum absolute atomic E-state index is 0. The van der Waals surface area contributed by atoms with Crippen molar-refractivity contribution in [3.8, 4) is 0 Å². The summed E-state index contributed by atoms with van der Waals surface area (Å²) in [5, 5.41) is 17.9. The Morgan fingerprint density at radius 2 is 0.725 bits per heavy atom. The summed E-state index contributed by atoms with van der Waals surface area (Å²) in [6.07, 6.45) is 0. The molecule has 0 aliphatic carbocycles. The van der Waals surface area contributed by atoms with Crippen molar-refractivity contribution in [1.82, 2.24) is 4.17 Å². The Morgan fingerprint density at radius 3 is 1.18 bits per heavy atom. The highest BCUT2D eigenvalue weighted by Gasteiger charge is 2.12. The summed E-state index contributed by atoms with van der Waals surface area (Å²) < 4.78 is 5.09. The highest BCUT2D eigenvalue weighted by molar-refractivity contribution is 7.45. The van der Waals surface area contributed by atoms with Crippen molar-refractivity contribution in [2.24, 2.45) is 0 Å². The standard InChI is InChI=1S/C36H22NP2.ClH/c1-3-9-27-21-31-29(19-25(27)7-1)17-15-23-11-5-13-33(35(23)31)38-37-39-34-14-6-12-24-16-18-30-20-26-8-2-4-10-28(26)22-32(30)36(24)34;/h1-22H;1H/q+1;/p-1. The maximum atomic E-state index is 5.09. The molecule has 0 fully saturated rings. The van der Waals surface area contributed by atoms with Crippen molar-refractivity contribution >= 4 is 92.0 Å². The van der Waals surface area contributed by atoms with Crippen LogP contribution in [0.1, 0.15) is 0 Å². The van der Waals surface area contributed by atoms with E-state index < -0.39 is 0 Å². The number of rotatable bonds is 2. The monoisotopic (exact) mass is 565 g/mol. The Hall–Kier alpha value is -4.08. The third-order valence-electron chi connectivity index (χ3n) is 7.71. The molecule has 40 heavy (non-hydrogen) atoms. The first kappa shape index (κ1) is 24.9. The van der Waals surface area contributed by atoms with Crippen LogP contribution in [-0.4, -0.2) is 0 Å². The van der Waals surface area contributed by atoms with Gasteiger partial charge in [0.2, 0.25) is 0 Å². The number of hydrogen-bond acceptors (Lipinski definition) is 0. The van der Waals surface area contributed by atoms with E-state index in [9.17, 15) is 0 Å². The SMILES string of the molecule is [Cl-].c1ccc2cc3c(ccc4cccc(P=[N+]=Pc5cccc6ccc7cc8ccccc8cc7c56)c43)cc2c1. The molecule has 8 aromatic rings. The van der Waals surface area contributed by atoms with E-state index >= 15 is 0 Å². The van der Waals surface area contributed by atoms with Crippen molar-refractivity contribution in [3.05, 3.63) is 133 Å². The predicted molar refractivity (Wildman–Crippen MR) is 173 cm³/mol. The van der Waals surface area contributed by atoms with Crippen LogP contribution in [0.25, 0.3) is 64.6 Å². The molecule has 0 unspecified atom stereocenters. The van der Waals surface area contributed by atoms with Crippen LogP contribution in [0.3, 0.4) is 0 Å². The van der Waals surface area contributed by atoms with E-state index in [1.54, 1.807) is 0 Å². The van der Waals surface area contributed by atoms with Crippen LogP contribution in [0.15, 0.2) is 133 Å². The lowest BCUT2D eigenvalue weighted by molar-refractivity contribution is -0.00000712. The zero-order valence-corrected chi connectivity index (χ0v) is 24.0. The maximum Gasteiger partial charge on any atom is 0.400 e. The van der Waals surface area contributed by atoms with Gasteiger partial charge in [-0.15, -0.1) is 0 Å². The van der Waals surface area contributed by atoms with E-state index in [0.717, 1.165) is 16.7 Å². The molecule has 8 aromatic carbocycles. The molecule has 0 radical (unpaired) electrons. The first-order chi connectivity index (χ1) is 19.3. The zero-order valence-electron chi connectivity index (χ0n) is 21.4. The average molecular weight is 566 g/mol. The topological polar surface area (TPSA) is 14.1 Å². The molecule has 0 saturated heterocycles. The minimum Gasteiger partial charge on any atom is -1.00 e. The molecule has 0 bridgehead atoms. The van der Waals surface area contributed by atoms with Crippen LogP contribution in [0.5, 0.6) is 0 Å². The first-order valence-corrected chi connectivity index (χ1v) is 14.8. The van der Waals surface area contributed by atoms with E-state index in [-0.39, 0.29) is 12.4 Å². The lowest BCUT2D eigenvalue weighted by atomic mass is 9.98. The van der Waals surface area contributed by atoms with Crippen molar-refractivity contribution < 1.29 is 12.4 Å². The molecule has 0 spiro atoms. The molecule has 188 valence electrons. The van der Waals surface area contributed by atoms with Crippen LogP contribution in [0.2, 0.25) is 0 Å². The van der Waals surface area contributed by atoms with Gasteiger partial charge in [0.1, 0.15) is 0 Å². The Morgan fingerprint density at radius 1 is 0.350 bits per heavy atom. The summed E-state index contributed by atoms with van der Waals surface area (Å²) in [6, 6.07) is 48.6. The van der Waals surface area contributed by atoms with Crippen molar-refractivity contribution in [3.63, 3.8) is 0 Å². The molecule has 0 aromatic heterocycles. The second-order valence-electron chi connectivity index (χ2n) is 10.0. The lowest BCUT2D eigenvalue weighted by Crippen LogP contribution is -3.00. The Kier molecular flexibility index (Phi) is 6.32. The maximum absolute atomic E-state index is 5.09. The quantitative estimate of drug-likeness (QED) is 0.0938. The third kappa shape index (κ3) is 4.17. The molecule has 8 rings (SSSR count). The van der Waals surface area contributed by atoms with Crippen LogP contribution in [-0.2, 0) is 0 Å². The average Bonchev–Trinajstić information content (AvgIpc) is 2.99. The van der Waals surface area contributed by atoms with Gasteiger partial charge in [-0.1, -0.05) is 101 Å². The smallest absolute Gasteiger partial charge is 0.400 e. The number of nitrogens with zero attached hydrogens (tertiary/aromatic N) is 1. The van der Waals surface area contributed by atoms with Gasteiger partial charge in [0.15, 0.2) is 0 Å². The summed E-state index contributed by atoms with van der Waals surface area (Å²) in [5.41, 5.74) is 0. The van der Waals surface area contributed by atoms with E-state index in [4.69, 9.17) is 4.17 Å². The predicted octanol–water partition coefficient (Wildman–Crippen LogP) is 6.89. The summed E-state index contributed by atoms with van der Waals surface area (Å²) in [5.74, 6) is 0. The number of halogens is 1. The molecule has 0 aliphatic rings. The highest BCUT2D eigenvalue weighted by Crippen LogP contribution is 2.31. The van der Waals surface area contributed by atoms with Gasteiger partial charge >= 0.3 is 16.7 Å². The Bertz CT molecular complexity index is 2170. The van der Waals surface area contributed by atoms with Gasteiger partial charge in [-0.25, -0.2) is 0 Å². The van der Waals surface area contributed by atoms with Gasteiger partial charge in [0.25, 0.3) is 0 Å². The fraction of sp³-hybridized carbons (Fsp3) is 0. The summed E-state index contributed by atoms with van der Waals surface area (Å²) in [6.45, 7) is 0. The van der Waals surface area contributed by atoms with E-state index in [0.29, 0.717) is 0 Å². The van der Waals surface area contributed by atoms with Crippen molar-refractivity contribution in [1.29, 1.82) is 0 Å². The molecular weight excluding hydrogens is 544 g/mol. The zero-order chi connectivity index (χ0) is 25.8. The molecule has 0 heterocycles. The first-order valence-electron chi connectivity index (χ1n) is 13.1. The molecule has 4 heteroatoms. The molecular formula is C36H22ClNP2. The summed E-state index contributed by atoms with van der Waals surface area (Å²) in [7, 11) is 1.96. The minimum atomic E-state index is 0. The second kappa shape index (κ2) is 10.1. The Labute approximate surface area is 241 Å². The summed E-state index contributed by atoms with van der Waals surface area (Å²) >= 11 is 0. The van der Waals surface area contributed by atoms with Gasteiger partial charge in [-0.2, -0.15) is 0 Å². The van der Waals surface area contributed by atoms with Gasteiger partial charge in [-0.3, -0.25) is 0 Å². The number of benzene rings is 8. The molecule has 0 amide bonds. The fourth-order valence-corrected chi connectivity index (χ4v) is 7.80. The van der Waals surface area contributed by atoms with Crippen LogP contribution >= 0.6 is 16.7 Å². The Balaban J connectivity index is 0.00000264. The largest absolute Gasteiger partial charge is 1.00 e. The fourth-order valence-electron chi connectivity index (χ4n) is 5.85. The van der Waals surface area contributed by atoms with Gasteiger partial charge in [0, 0.05) is 10.8 Å². The van der Waals surface area contributed by atoms with E-state index in [1.165, 1.54) is 75.2 Å². The molecule has 0 aliphatic heterocycles. The van der Waals surface area contributed by atoms with E-state index in [2.05, 4.69) is 133 Å². The number of fused-ring (bicyclic) bond motifs is 8.